The van der Waals surface area contributed by atoms with Crippen LogP contribution in [0.1, 0.15) is 328 Å². The number of hydrogen-bond donors (Lipinski definition) is 9. The van der Waals surface area contributed by atoms with Gasteiger partial charge in [0.25, 0.3) is 0 Å². The summed E-state index contributed by atoms with van der Waals surface area (Å²) in [6.07, 6.45) is 49.8. The van der Waals surface area contributed by atoms with Gasteiger partial charge in [0.05, 0.1) is 32.0 Å². The van der Waals surface area contributed by atoms with Gasteiger partial charge in [0.15, 0.2) is 12.6 Å². The summed E-state index contributed by atoms with van der Waals surface area (Å²) in [6.45, 7) is 2.86. The zero-order valence-electron chi connectivity index (χ0n) is 53.5. The monoisotopic (exact) mass is 1180 g/mol. The lowest BCUT2D eigenvalue weighted by molar-refractivity contribution is -0.359. The molecule has 2 aliphatic heterocycles. The maximum Gasteiger partial charge on any atom is 0.220 e. The Morgan fingerprint density at radius 1 is 0.422 bits per heavy atom. The maximum absolute atomic E-state index is 13.3. The van der Waals surface area contributed by atoms with Crippen LogP contribution in [0.5, 0.6) is 0 Å². The molecule has 0 aromatic heterocycles. The van der Waals surface area contributed by atoms with E-state index in [-0.39, 0.29) is 18.9 Å². The van der Waals surface area contributed by atoms with Gasteiger partial charge in [-0.3, -0.25) is 4.79 Å². The quantitative estimate of drug-likeness (QED) is 0.0204. The molecule has 0 saturated carbocycles. The highest BCUT2D eigenvalue weighted by Crippen LogP contribution is 2.30. The van der Waals surface area contributed by atoms with E-state index in [2.05, 4.69) is 19.2 Å². The van der Waals surface area contributed by atoms with Crippen molar-refractivity contribution in [1.82, 2.24) is 5.32 Å². The Bertz CT molecular complexity index is 1440. The first-order valence-electron chi connectivity index (χ1n) is 35.4. The molecule has 14 heteroatoms. The number of ether oxygens (including phenoxy) is 4. The summed E-state index contributed by atoms with van der Waals surface area (Å²) in [6, 6.07) is -0.911. The van der Waals surface area contributed by atoms with Crippen LogP contribution >= 0.6 is 0 Å². The number of rotatable bonds is 59. The van der Waals surface area contributed by atoms with Gasteiger partial charge < -0.3 is 65.1 Å². The van der Waals surface area contributed by atoms with Crippen molar-refractivity contribution >= 4 is 5.91 Å². The minimum atomic E-state index is -1.79. The third-order valence-corrected chi connectivity index (χ3v) is 17.7. The molecule has 12 unspecified atom stereocenters. The second kappa shape index (κ2) is 54.8. The van der Waals surface area contributed by atoms with Crippen LogP contribution in [0.25, 0.3) is 0 Å². The summed E-state index contributed by atoms with van der Waals surface area (Å²) in [7, 11) is 0. The molecular formula is C69H133NO13. The highest BCUT2D eigenvalue weighted by molar-refractivity contribution is 5.76. The van der Waals surface area contributed by atoms with Crippen molar-refractivity contribution in [1.29, 1.82) is 0 Å². The second-order valence-electron chi connectivity index (χ2n) is 25.4. The normalized spacial score (nSPS) is 23.8. The molecule has 2 heterocycles. The van der Waals surface area contributed by atoms with Crippen molar-refractivity contribution in [3.8, 4) is 0 Å². The molecule has 0 radical (unpaired) electrons. The minimum absolute atomic E-state index is 0.231. The van der Waals surface area contributed by atoms with Crippen molar-refractivity contribution in [3.05, 3.63) is 12.2 Å². The fraction of sp³-hybridized carbons (Fsp3) is 0.957. The van der Waals surface area contributed by atoms with Crippen LogP contribution in [0.15, 0.2) is 12.2 Å². The molecule has 0 aliphatic carbocycles. The molecule has 2 saturated heterocycles. The number of unbranched alkanes of at least 4 members (excludes halogenated alkanes) is 46. The van der Waals surface area contributed by atoms with E-state index in [0.717, 1.165) is 38.5 Å². The van der Waals surface area contributed by atoms with Crippen molar-refractivity contribution in [2.45, 2.75) is 402 Å². The lowest BCUT2D eigenvalue weighted by Crippen LogP contribution is -2.65. The van der Waals surface area contributed by atoms with Crippen LogP contribution in [0, 0.1) is 0 Å². The van der Waals surface area contributed by atoms with E-state index in [1.54, 1.807) is 6.08 Å². The molecule has 2 aliphatic rings. The van der Waals surface area contributed by atoms with Crippen LogP contribution in [-0.4, -0.2) is 140 Å². The first-order valence-corrected chi connectivity index (χ1v) is 35.4. The fourth-order valence-corrected chi connectivity index (χ4v) is 12.1. The van der Waals surface area contributed by atoms with Crippen molar-refractivity contribution in [2.24, 2.45) is 0 Å². The molecule has 14 nitrogen and oxygen atoms in total. The third-order valence-electron chi connectivity index (χ3n) is 17.7. The average Bonchev–Trinajstić information content (AvgIpc) is 3.65. The molecule has 0 spiro atoms. The van der Waals surface area contributed by atoms with Gasteiger partial charge in [-0.25, -0.2) is 0 Å². The van der Waals surface area contributed by atoms with Gasteiger partial charge in [0.2, 0.25) is 5.91 Å². The highest BCUT2D eigenvalue weighted by atomic mass is 16.7. The van der Waals surface area contributed by atoms with Crippen molar-refractivity contribution < 1.29 is 64.6 Å². The van der Waals surface area contributed by atoms with Gasteiger partial charge in [-0.05, 0) is 19.3 Å². The molecule has 83 heavy (non-hydrogen) atoms. The Balaban J connectivity index is 1.68. The van der Waals surface area contributed by atoms with E-state index < -0.39 is 86.8 Å². The summed E-state index contributed by atoms with van der Waals surface area (Å²) >= 11 is 0. The number of carbonyl (C=O) groups is 1. The predicted molar refractivity (Wildman–Crippen MR) is 337 cm³/mol. The number of aliphatic hydroxyl groups is 8. The largest absolute Gasteiger partial charge is 0.394 e. The van der Waals surface area contributed by atoms with Gasteiger partial charge >= 0.3 is 0 Å². The molecule has 0 bridgehead atoms. The Hall–Kier alpha value is -1.27. The zero-order valence-corrected chi connectivity index (χ0v) is 53.5. The lowest BCUT2D eigenvalue weighted by Gasteiger charge is -2.46. The van der Waals surface area contributed by atoms with Crippen LogP contribution in [0.4, 0.5) is 0 Å². The van der Waals surface area contributed by atoms with E-state index in [1.165, 1.54) is 263 Å². The number of amides is 1. The summed E-state index contributed by atoms with van der Waals surface area (Å²) < 4.78 is 22.9. The van der Waals surface area contributed by atoms with Crippen LogP contribution < -0.4 is 5.32 Å². The molecule has 0 aromatic carbocycles. The maximum atomic E-state index is 13.3. The fourth-order valence-electron chi connectivity index (χ4n) is 12.1. The Morgan fingerprint density at radius 2 is 0.747 bits per heavy atom. The van der Waals surface area contributed by atoms with Gasteiger partial charge in [0.1, 0.15) is 48.8 Å². The number of allylic oxidation sites excluding steroid dienone is 1. The van der Waals surface area contributed by atoms with Crippen molar-refractivity contribution in [3.63, 3.8) is 0 Å². The molecule has 9 N–H and O–H groups in total. The van der Waals surface area contributed by atoms with Crippen LogP contribution in [0.3, 0.4) is 0 Å². The van der Waals surface area contributed by atoms with Gasteiger partial charge in [-0.1, -0.05) is 315 Å². The first kappa shape index (κ1) is 77.8. The Kier molecular flexibility index (Phi) is 51.4. The Labute approximate surface area is 507 Å². The number of nitrogens with one attached hydrogen (secondary N) is 1. The van der Waals surface area contributed by atoms with Gasteiger partial charge in [-0.15, -0.1) is 0 Å². The van der Waals surface area contributed by atoms with Gasteiger partial charge in [0, 0.05) is 6.42 Å². The minimum Gasteiger partial charge on any atom is -0.394 e. The molecule has 1 amide bonds. The molecule has 0 aromatic rings. The van der Waals surface area contributed by atoms with E-state index in [4.69, 9.17) is 18.9 Å². The molecule has 12 atom stereocenters. The van der Waals surface area contributed by atoms with E-state index in [9.17, 15) is 45.6 Å². The summed E-state index contributed by atoms with van der Waals surface area (Å²) in [5.74, 6) is -0.231. The third kappa shape index (κ3) is 39.4. The summed E-state index contributed by atoms with van der Waals surface area (Å²) in [4.78, 5) is 13.3. The molecule has 492 valence electrons. The lowest BCUT2D eigenvalue weighted by atomic mass is 9.97. The first-order chi connectivity index (χ1) is 40.6. The summed E-state index contributed by atoms with van der Waals surface area (Å²) in [5, 5.41) is 87.4. The molecule has 2 fully saturated rings. The predicted octanol–water partition coefficient (Wildman–Crippen LogP) is 14.2. The highest BCUT2D eigenvalue weighted by Gasteiger charge is 2.51. The molecular weight excluding hydrogens is 1050 g/mol. The van der Waals surface area contributed by atoms with E-state index in [0.29, 0.717) is 6.42 Å². The smallest absolute Gasteiger partial charge is 0.220 e. The standard InChI is InChI=1S/C69H133NO13/c1-3-5-7-9-11-13-15-17-19-21-23-25-27-28-29-30-31-32-34-36-38-40-42-44-46-48-50-52-58(73)57(56-80-68-66(79)64(77)67(60(55-72)82-68)83-69-65(78)63(76)62(75)59(54-71)81-69)70-61(74)53-51-49-47-45-43-41-39-37-35-33-26-24-22-20-18-16-14-12-10-8-6-4-2/h50,52,57-60,62-69,71-73,75-79H,3-49,51,53-56H2,1-2H3,(H,70,74)/b52-50+. The zero-order chi connectivity index (χ0) is 60.2. The number of aliphatic hydroxyl groups excluding tert-OH is 8. The Morgan fingerprint density at radius 3 is 1.11 bits per heavy atom. The van der Waals surface area contributed by atoms with Crippen LogP contribution in [-0.2, 0) is 23.7 Å². The molecule has 2 rings (SSSR count). The van der Waals surface area contributed by atoms with Crippen LogP contribution in [0.2, 0.25) is 0 Å². The van der Waals surface area contributed by atoms with E-state index >= 15 is 0 Å². The van der Waals surface area contributed by atoms with E-state index in [1.807, 2.05) is 6.08 Å². The number of carbonyl (C=O) groups excluding carboxylic acids is 1. The topological polar surface area (TPSA) is 228 Å². The van der Waals surface area contributed by atoms with Gasteiger partial charge in [-0.2, -0.15) is 0 Å². The number of hydrogen-bond acceptors (Lipinski definition) is 13. The summed E-state index contributed by atoms with van der Waals surface area (Å²) in [5.41, 5.74) is 0. The SMILES string of the molecule is CCCCCCCCCCCCCCCCCCCCCCCCCCC/C=C/C(O)C(COC1OC(CO)C(OC2OC(CO)C(O)C(O)C2O)C(O)C1O)NC(=O)CCCCCCCCCCCCCCCCCCCCCCCC. The average molecular weight is 1180 g/mol. The van der Waals surface area contributed by atoms with Crippen molar-refractivity contribution in [2.75, 3.05) is 19.8 Å². The second-order valence-corrected chi connectivity index (χ2v) is 25.4.